The van der Waals surface area contributed by atoms with E-state index in [9.17, 15) is 9.59 Å². The number of aromatic nitrogens is 1. The Labute approximate surface area is 185 Å². The number of phenolic OH excluding ortho intramolecular Hbond substituents is 1. The van der Waals surface area contributed by atoms with Crippen LogP contribution in [0.1, 0.15) is 23.6 Å². The van der Waals surface area contributed by atoms with E-state index in [1.54, 1.807) is 12.1 Å². The van der Waals surface area contributed by atoms with E-state index < -0.39 is 24.0 Å². The zero-order chi connectivity index (χ0) is 20.7. The molecule has 0 unspecified atom stereocenters. The number of hydrogen-bond donors (Lipinski definition) is 6. The molecule has 164 valence electrons. The van der Waals surface area contributed by atoms with Gasteiger partial charge < -0.3 is 31.8 Å². The third-order valence-electron chi connectivity index (χ3n) is 4.15. The van der Waals surface area contributed by atoms with Gasteiger partial charge in [-0.05, 0) is 29.3 Å². The summed E-state index contributed by atoms with van der Waals surface area (Å²) in [6.07, 6.45) is 2.05. The van der Waals surface area contributed by atoms with Crippen LogP contribution < -0.4 is 11.5 Å². The average Bonchev–Trinajstić information content (AvgIpc) is 3.05. The Hall–Kier alpha value is -2.78. The zero-order valence-corrected chi connectivity index (χ0v) is 17.5. The van der Waals surface area contributed by atoms with Crippen molar-refractivity contribution in [3.8, 4) is 5.75 Å². The maximum absolute atomic E-state index is 10.6. The molecule has 2 aromatic carbocycles. The lowest BCUT2D eigenvalue weighted by molar-refractivity contribution is -0.139. The number of aliphatic carboxylic acids is 2. The number of carboxylic acid groups (broad SMARTS) is 2. The maximum Gasteiger partial charge on any atom is 0.320 e. The summed E-state index contributed by atoms with van der Waals surface area (Å²) in [6, 6.07) is 12.6. The lowest BCUT2D eigenvalue weighted by Gasteiger charge is -2.08. The molecule has 0 amide bonds. The number of halogens is 2. The highest BCUT2D eigenvalue weighted by Gasteiger charge is 2.14. The SMILES string of the molecule is Cl.Cl.N[C@@H](CC(=O)O)c1ccc(O)cc1.N[C@@H](Cc1c[nH]c2ccccc12)C(=O)O. The Balaban J connectivity index is 0.000000531. The molecule has 1 aromatic heterocycles. The third-order valence-corrected chi connectivity index (χ3v) is 4.15. The number of phenols is 1. The van der Waals surface area contributed by atoms with Gasteiger partial charge in [0.25, 0.3) is 0 Å². The summed E-state index contributed by atoms with van der Waals surface area (Å²) in [5.41, 5.74) is 13.7. The van der Waals surface area contributed by atoms with Crippen LogP contribution in [0.25, 0.3) is 10.9 Å². The molecule has 0 saturated carbocycles. The van der Waals surface area contributed by atoms with Crippen molar-refractivity contribution in [3.63, 3.8) is 0 Å². The van der Waals surface area contributed by atoms with E-state index in [2.05, 4.69) is 4.98 Å². The third kappa shape index (κ3) is 7.92. The number of para-hydroxylation sites is 1. The summed E-state index contributed by atoms with van der Waals surface area (Å²) < 4.78 is 0. The molecule has 0 fully saturated rings. The summed E-state index contributed by atoms with van der Waals surface area (Å²) in [5.74, 6) is -1.76. The monoisotopic (exact) mass is 457 g/mol. The number of nitrogens with two attached hydrogens (primary N) is 2. The van der Waals surface area contributed by atoms with Crippen molar-refractivity contribution < 1.29 is 24.9 Å². The molecule has 10 heteroatoms. The van der Waals surface area contributed by atoms with Crippen molar-refractivity contribution >= 4 is 47.7 Å². The van der Waals surface area contributed by atoms with E-state index in [-0.39, 0.29) is 37.0 Å². The van der Waals surface area contributed by atoms with Crippen molar-refractivity contribution in [1.29, 1.82) is 0 Å². The summed E-state index contributed by atoms with van der Waals surface area (Å²) >= 11 is 0. The fourth-order valence-electron chi connectivity index (χ4n) is 2.65. The fraction of sp³-hybridized carbons (Fsp3) is 0.200. The normalized spacial score (nSPS) is 11.8. The van der Waals surface area contributed by atoms with E-state index >= 15 is 0 Å². The molecule has 8 nitrogen and oxygen atoms in total. The molecule has 8 N–H and O–H groups in total. The van der Waals surface area contributed by atoms with Gasteiger partial charge in [-0.2, -0.15) is 0 Å². The molecule has 0 aliphatic rings. The average molecular weight is 458 g/mol. The number of H-pyrrole nitrogens is 1. The van der Waals surface area contributed by atoms with E-state index in [1.165, 1.54) is 12.1 Å². The Morgan fingerprint density at radius 3 is 2.13 bits per heavy atom. The number of aromatic amines is 1. The fourth-order valence-corrected chi connectivity index (χ4v) is 2.65. The quantitative estimate of drug-likeness (QED) is 0.331. The molecular formula is C20H25Cl2N3O5. The molecule has 2 atom stereocenters. The molecule has 1 heterocycles. The van der Waals surface area contributed by atoms with Crippen LogP contribution in [0.5, 0.6) is 5.75 Å². The molecule has 30 heavy (non-hydrogen) atoms. The smallest absolute Gasteiger partial charge is 0.320 e. The van der Waals surface area contributed by atoms with Gasteiger partial charge in [-0.25, -0.2) is 0 Å². The molecule has 0 aliphatic heterocycles. The molecule has 3 aromatic rings. The Morgan fingerprint density at radius 1 is 0.967 bits per heavy atom. The lowest BCUT2D eigenvalue weighted by Crippen LogP contribution is -2.32. The molecule has 0 saturated heterocycles. The Bertz CT molecular complexity index is 947. The number of nitrogens with one attached hydrogen (secondary N) is 1. The predicted octanol–water partition coefficient (Wildman–Crippen LogP) is 2.83. The topological polar surface area (TPSA) is 163 Å². The second kappa shape index (κ2) is 12.7. The van der Waals surface area contributed by atoms with Crippen LogP contribution in [-0.4, -0.2) is 38.3 Å². The largest absolute Gasteiger partial charge is 0.508 e. The number of carboxylic acids is 2. The van der Waals surface area contributed by atoms with E-state index in [0.29, 0.717) is 12.0 Å². The highest BCUT2D eigenvalue weighted by molar-refractivity contribution is 5.86. The number of carbonyl (C=O) groups is 2. The molecule has 0 spiro atoms. The standard InChI is InChI=1S/C11H12N2O2.C9H11NO3.2ClH/c12-9(11(14)15)5-7-6-13-10-4-2-1-3-8(7)10;10-8(5-9(12)13)6-1-3-7(11)4-2-6;;/h1-4,6,9,13H,5,12H2,(H,14,15);1-4,8,11H,5,10H2,(H,12,13);2*1H/t9-;8-;;/m00../s1. The zero-order valence-electron chi connectivity index (χ0n) is 15.9. The summed E-state index contributed by atoms with van der Waals surface area (Å²) in [6.45, 7) is 0. The minimum atomic E-state index is -0.972. The van der Waals surface area contributed by atoms with Crippen LogP contribution in [0.15, 0.2) is 54.7 Å². The van der Waals surface area contributed by atoms with E-state index in [0.717, 1.165) is 16.5 Å². The van der Waals surface area contributed by atoms with Crippen molar-refractivity contribution in [2.75, 3.05) is 0 Å². The van der Waals surface area contributed by atoms with Gasteiger partial charge in [0, 0.05) is 29.6 Å². The second-order valence-electron chi connectivity index (χ2n) is 6.30. The number of fused-ring (bicyclic) bond motifs is 1. The number of hydrogen-bond acceptors (Lipinski definition) is 5. The maximum atomic E-state index is 10.6. The first-order valence-electron chi connectivity index (χ1n) is 8.57. The molecule has 0 radical (unpaired) electrons. The number of aromatic hydroxyl groups is 1. The van der Waals surface area contributed by atoms with Gasteiger partial charge in [-0.15, -0.1) is 24.8 Å². The van der Waals surface area contributed by atoms with Crippen LogP contribution in [0.3, 0.4) is 0 Å². The van der Waals surface area contributed by atoms with Gasteiger partial charge in [0.05, 0.1) is 6.42 Å². The summed E-state index contributed by atoms with van der Waals surface area (Å²) in [7, 11) is 0. The van der Waals surface area contributed by atoms with Crippen LogP contribution in [0.2, 0.25) is 0 Å². The van der Waals surface area contributed by atoms with Gasteiger partial charge in [0.2, 0.25) is 0 Å². The van der Waals surface area contributed by atoms with Gasteiger partial charge in [0.15, 0.2) is 0 Å². The van der Waals surface area contributed by atoms with Crippen LogP contribution in [-0.2, 0) is 16.0 Å². The lowest BCUT2D eigenvalue weighted by atomic mass is 10.1. The van der Waals surface area contributed by atoms with Crippen molar-refractivity contribution in [2.24, 2.45) is 11.5 Å². The second-order valence-corrected chi connectivity index (χ2v) is 6.30. The van der Waals surface area contributed by atoms with Gasteiger partial charge in [-0.1, -0.05) is 30.3 Å². The summed E-state index contributed by atoms with van der Waals surface area (Å²) in [4.78, 5) is 24.0. The predicted molar refractivity (Wildman–Crippen MR) is 119 cm³/mol. The minimum Gasteiger partial charge on any atom is -0.508 e. The van der Waals surface area contributed by atoms with E-state index in [1.807, 2.05) is 30.5 Å². The molecule has 0 aliphatic carbocycles. The van der Waals surface area contributed by atoms with Crippen LogP contribution in [0.4, 0.5) is 0 Å². The van der Waals surface area contributed by atoms with Gasteiger partial charge in [0.1, 0.15) is 11.8 Å². The molecule has 3 rings (SSSR count). The molecular weight excluding hydrogens is 433 g/mol. The number of rotatable bonds is 6. The van der Waals surface area contributed by atoms with Crippen molar-refractivity contribution in [1.82, 2.24) is 4.98 Å². The van der Waals surface area contributed by atoms with Crippen LogP contribution >= 0.6 is 24.8 Å². The van der Waals surface area contributed by atoms with Gasteiger partial charge in [-0.3, -0.25) is 9.59 Å². The van der Waals surface area contributed by atoms with Gasteiger partial charge >= 0.3 is 11.9 Å². The van der Waals surface area contributed by atoms with Crippen LogP contribution in [0, 0.1) is 0 Å². The van der Waals surface area contributed by atoms with E-state index in [4.69, 9.17) is 26.8 Å². The van der Waals surface area contributed by atoms with Crippen molar-refractivity contribution in [3.05, 3.63) is 65.9 Å². The number of benzene rings is 2. The Morgan fingerprint density at radius 2 is 1.57 bits per heavy atom. The first-order valence-corrected chi connectivity index (χ1v) is 8.57. The highest BCUT2D eigenvalue weighted by Crippen LogP contribution is 2.19. The Kier molecular flexibility index (Phi) is 11.5. The first-order chi connectivity index (χ1) is 13.3. The molecule has 0 bridgehead atoms. The summed E-state index contributed by atoms with van der Waals surface area (Å²) in [5, 5.41) is 27.2. The first kappa shape index (κ1) is 27.2. The highest BCUT2D eigenvalue weighted by atomic mass is 35.5. The van der Waals surface area contributed by atoms with Crippen molar-refractivity contribution in [2.45, 2.75) is 24.9 Å². The minimum absolute atomic E-state index is 0.